The molecule has 4 heteroatoms. The second-order valence-electron chi connectivity index (χ2n) is 4.08. The molecule has 1 aliphatic carbocycles. The summed E-state index contributed by atoms with van der Waals surface area (Å²) in [7, 11) is 0. The van der Waals surface area contributed by atoms with Gasteiger partial charge in [-0.15, -0.1) is 0 Å². The maximum absolute atomic E-state index is 10.8. The van der Waals surface area contributed by atoms with Crippen LogP contribution in [0.15, 0.2) is 0 Å². The van der Waals surface area contributed by atoms with Crippen LogP contribution in [-0.4, -0.2) is 29.2 Å². The summed E-state index contributed by atoms with van der Waals surface area (Å²) in [5, 5.41) is 12.0. The van der Waals surface area contributed by atoms with Crippen molar-refractivity contribution in [2.45, 2.75) is 57.2 Å². The van der Waals surface area contributed by atoms with Crippen molar-refractivity contribution in [1.29, 1.82) is 0 Å². The fourth-order valence-corrected chi connectivity index (χ4v) is 1.93. The molecule has 0 saturated heterocycles. The molecule has 0 heterocycles. The van der Waals surface area contributed by atoms with Gasteiger partial charge in [0.05, 0.1) is 0 Å². The van der Waals surface area contributed by atoms with Crippen molar-refractivity contribution in [3.05, 3.63) is 0 Å². The fraction of sp³-hybridized carbons (Fsp3) is 0.900. The topological polar surface area (TPSA) is 75.3 Å². The first-order valence-corrected chi connectivity index (χ1v) is 5.38. The van der Waals surface area contributed by atoms with Crippen molar-refractivity contribution in [2.75, 3.05) is 0 Å². The molecule has 1 fully saturated rings. The lowest BCUT2D eigenvalue weighted by atomic mass is 9.91. The van der Waals surface area contributed by atoms with Crippen LogP contribution in [0.4, 0.5) is 0 Å². The van der Waals surface area contributed by atoms with E-state index in [2.05, 4.69) is 5.32 Å². The minimum atomic E-state index is -0.748. The lowest BCUT2D eigenvalue weighted by Gasteiger charge is -2.29. The maximum Gasteiger partial charge on any atom is 0.320 e. The molecule has 1 saturated carbocycles. The zero-order chi connectivity index (χ0) is 10.6. The summed E-state index contributed by atoms with van der Waals surface area (Å²) >= 11 is 0. The lowest BCUT2D eigenvalue weighted by Crippen LogP contribution is -2.45. The summed E-state index contributed by atoms with van der Waals surface area (Å²) in [4.78, 5) is 10.8. The lowest BCUT2D eigenvalue weighted by molar-refractivity contribution is -0.139. The number of aliphatic carboxylic acids is 1. The van der Waals surface area contributed by atoms with Gasteiger partial charge in [-0.05, 0) is 32.1 Å². The van der Waals surface area contributed by atoms with Crippen LogP contribution in [0.25, 0.3) is 0 Å². The highest BCUT2D eigenvalue weighted by atomic mass is 16.4. The summed E-state index contributed by atoms with van der Waals surface area (Å²) in [6.45, 7) is 1.89. The number of nitrogens with two attached hydrogens (primary N) is 1. The molecular weight excluding hydrogens is 180 g/mol. The van der Waals surface area contributed by atoms with Gasteiger partial charge in [0.15, 0.2) is 0 Å². The number of carbonyl (C=O) groups is 1. The Labute approximate surface area is 84.9 Å². The minimum absolute atomic E-state index is 0.318. The predicted molar refractivity (Wildman–Crippen MR) is 55.1 cm³/mol. The molecule has 0 aromatic carbocycles. The summed E-state index contributed by atoms with van der Waals surface area (Å²) in [6, 6.07) is 0.267. The van der Waals surface area contributed by atoms with Crippen LogP contribution in [0, 0.1) is 0 Å². The molecule has 1 unspecified atom stereocenters. The summed E-state index contributed by atoms with van der Waals surface area (Å²) in [5.41, 5.74) is 5.78. The van der Waals surface area contributed by atoms with Gasteiger partial charge in [-0.25, -0.2) is 0 Å². The number of carboxylic acid groups (broad SMARTS) is 1. The van der Waals surface area contributed by atoms with E-state index >= 15 is 0 Å². The van der Waals surface area contributed by atoms with Crippen LogP contribution in [0.1, 0.15) is 39.0 Å². The zero-order valence-electron chi connectivity index (χ0n) is 8.70. The predicted octanol–water partition coefficient (Wildman–Crippen LogP) is 0.709. The first-order valence-electron chi connectivity index (χ1n) is 5.38. The molecule has 14 heavy (non-hydrogen) atoms. The van der Waals surface area contributed by atoms with E-state index in [4.69, 9.17) is 10.8 Å². The van der Waals surface area contributed by atoms with Crippen molar-refractivity contribution >= 4 is 5.97 Å². The Morgan fingerprint density at radius 1 is 1.50 bits per heavy atom. The second-order valence-corrected chi connectivity index (χ2v) is 4.08. The number of rotatable bonds is 4. The van der Waals surface area contributed by atoms with Crippen molar-refractivity contribution in [1.82, 2.24) is 5.32 Å². The number of hydrogen-bond donors (Lipinski definition) is 3. The molecule has 0 aromatic rings. The minimum Gasteiger partial charge on any atom is -0.480 e. The third-order valence-electron chi connectivity index (χ3n) is 2.92. The number of nitrogens with one attached hydrogen (secondary N) is 1. The van der Waals surface area contributed by atoms with Crippen LogP contribution in [0.2, 0.25) is 0 Å². The highest BCUT2D eigenvalue weighted by molar-refractivity contribution is 5.73. The number of carboxylic acids is 1. The molecule has 4 N–H and O–H groups in total. The van der Waals surface area contributed by atoms with Gasteiger partial charge >= 0.3 is 5.97 Å². The van der Waals surface area contributed by atoms with E-state index in [0.29, 0.717) is 18.5 Å². The summed E-state index contributed by atoms with van der Waals surface area (Å²) < 4.78 is 0. The molecule has 1 aliphatic rings. The van der Waals surface area contributed by atoms with Gasteiger partial charge in [0.1, 0.15) is 6.04 Å². The monoisotopic (exact) mass is 200 g/mol. The van der Waals surface area contributed by atoms with E-state index in [1.165, 1.54) is 0 Å². The molecule has 0 radical (unpaired) electrons. The standard InChI is InChI=1S/C10H20N2O2/c1-2-9(10(13)14)12-8-5-3-7(11)4-6-8/h7-9,12H,2-6,11H2,1H3,(H,13,14). The SMILES string of the molecule is CCC(NC1CCC(N)CC1)C(=O)O. The van der Waals surface area contributed by atoms with Gasteiger partial charge in [0.2, 0.25) is 0 Å². The van der Waals surface area contributed by atoms with Crippen LogP contribution < -0.4 is 11.1 Å². The van der Waals surface area contributed by atoms with Gasteiger partial charge in [0.25, 0.3) is 0 Å². The van der Waals surface area contributed by atoms with E-state index in [-0.39, 0.29) is 0 Å². The molecular formula is C10H20N2O2. The molecule has 1 atom stereocenters. The van der Waals surface area contributed by atoms with E-state index < -0.39 is 12.0 Å². The smallest absolute Gasteiger partial charge is 0.320 e. The average molecular weight is 200 g/mol. The molecule has 1 rings (SSSR count). The molecule has 0 aliphatic heterocycles. The highest BCUT2D eigenvalue weighted by Crippen LogP contribution is 2.17. The summed E-state index contributed by atoms with van der Waals surface area (Å²) in [6.07, 6.45) is 4.66. The molecule has 82 valence electrons. The van der Waals surface area contributed by atoms with Gasteiger partial charge in [-0.2, -0.15) is 0 Å². The van der Waals surface area contributed by atoms with Crippen LogP contribution in [0.3, 0.4) is 0 Å². The van der Waals surface area contributed by atoms with E-state index in [0.717, 1.165) is 25.7 Å². The van der Waals surface area contributed by atoms with Crippen LogP contribution >= 0.6 is 0 Å². The van der Waals surface area contributed by atoms with E-state index in [1.807, 2.05) is 6.92 Å². The second kappa shape index (κ2) is 5.32. The Hall–Kier alpha value is -0.610. The van der Waals surface area contributed by atoms with Crippen molar-refractivity contribution in [3.63, 3.8) is 0 Å². The van der Waals surface area contributed by atoms with Gasteiger partial charge < -0.3 is 16.2 Å². The van der Waals surface area contributed by atoms with Crippen molar-refractivity contribution < 1.29 is 9.90 Å². The molecule has 0 amide bonds. The van der Waals surface area contributed by atoms with Gasteiger partial charge in [-0.1, -0.05) is 6.92 Å². The maximum atomic E-state index is 10.8. The van der Waals surface area contributed by atoms with Gasteiger partial charge in [0, 0.05) is 12.1 Å². The third kappa shape index (κ3) is 3.27. The first kappa shape index (κ1) is 11.5. The highest BCUT2D eigenvalue weighted by Gasteiger charge is 2.23. The fourth-order valence-electron chi connectivity index (χ4n) is 1.93. The normalized spacial score (nSPS) is 29.9. The average Bonchev–Trinajstić information content (AvgIpc) is 2.16. The molecule has 0 spiro atoms. The Bertz CT molecular complexity index is 189. The van der Waals surface area contributed by atoms with E-state index in [9.17, 15) is 4.79 Å². The quantitative estimate of drug-likeness (QED) is 0.624. The molecule has 0 aromatic heterocycles. The molecule has 4 nitrogen and oxygen atoms in total. The Morgan fingerprint density at radius 2 is 2.07 bits per heavy atom. The van der Waals surface area contributed by atoms with Crippen LogP contribution in [-0.2, 0) is 4.79 Å². The van der Waals surface area contributed by atoms with Crippen molar-refractivity contribution in [2.24, 2.45) is 5.73 Å². The van der Waals surface area contributed by atoms with Gasteiger partial charge in [-0.3, -0.25) is 4.79 Å². The Morgan fingerprint density at radius 3 is 2.50 bits per heavy atom. The summed E-state index contributed by atoms with van der Waals surface area (Å²) in [5.74, 6) is -0.748. The first-order chi connectivity index (χ1) is 6.63. The van der Waals surface area contributed by atoms with E-state index in [1.54, 1.807) is 0 Å². The Kier molecular flexibility index (Phi) is 4.35. The van der Waals surface area contributed by atoms with Crippen molar-refractivity contribution in [3.8, 4) is 0 Å². The Balaban J connectivity index is 2.32. The largest absolute Gasteiger partial charge is 0.480 e. The number of hydrogen-bond acceptors (Lipinski definition) is 3. The van der Waals surface area contributed by atoms with Crippen LogP contribution in [0.5, 0.6) is 0 Å². The zero-order valence-corrected chi connectivity index (χ0v) is 8.70. The molecule has 0 bridgehead atoms. The third-order valence-corrected chi connectivity index (χ3v) is 2.92.